The molecule has 15 heteroatoms. The van der Waals surface area contributed by atoms with Crippen LogP contribution < -0.4 is 0 Å². The van der Waals surface area contributed by atoms with E-state index in [1.807, 2.05) is 0 Å². The summed E-state index contributed by atoms with van der Waals surface area (Å²) in [5.41, 5.74) is 0. The fraction of sp³-hybridized carbons (Fsp3) is 1.00. The highest BCUT2D eigenvalue weighted by atomic mass is 28.5. The third-order valence-electron chi connectivity index (χ3n) is 6.02. The summed E-state index contributed by atoms with van der Waals surface area (Å²) in [5.74, 6) is 0. The molecule has 0 aliphatic heterocycles. The molecular weight excluding hydrogens is 625 g/mol. The summed E-state index contributed by atoms with van der Waals surface area (Å²) in [4.78, 5) is 0. The molecule has 2 atom stereocenters. The van der Waals surface area contributed by atoms with Crippen molar-refractivity contribution < 1.29 is 35.5 Å². The zero-order valence-electron chi connectivity index (χ0n) is 28.8. The number of unbranched alkanes of at least 4 members (excludes halogenated alkanes) is 1. The van der Waals surface area contributed by atoms with Crippen LogP contribution in [-0.4, -0.2) is 88.7 Å². The van der Waals surface area contributed by atoms with E-state index in [-0.39, 0.29) is 6.61 Å². The Labute approximate surface area is 255 Å². The summed E-state index contributed by atoms with van der Waals surface area (Å²) in [6.07, 6.45) is 1.72. The Bertz CT molecular complexity index is 729. The molecule has 40 heavy (non-hydrogen) atoms. The second-order valence-corrected chi connectivity index (χ2v) is 44.1. The van der Waals surface area contributed by atoms with Gasteiger partial charge in [0, 0.05) is 6.61 Å². The van der Waals surface area contributed by atoms with Crippen LogP contribution in [0.4, 0.5) is 0 Å². The smallest absolute Gasteiger partial charge is 0.317 e. The molecule has 0 aromatic rings. The predicted octanol–water partition coefficient (Wildman–Crippen LogP) is 7.51. The lowest BCUT2D eigenvalue weighted by Crippen LogP contribution is -2.60. The van der Waals surface area contributed by atoms with Gasteiger partial charge in [0.25, 0.3) is 0 Å². The van der Waals surface area contributed by atoms with E-state index in [1.165, 1.54) is 18.9 Å². The van der Waals surface area contributed by atoms with Gasteiger partial charge in [-0.15, -0.1) is 0 Å². The minimum absolute atomic E-state index is 0.0883. The molecule has 0 saturated carbocycles. The molecule has 0 saturated heterocycles. The summed E-state index contributed by atoms with van der Waals surface area (Å²) in [5, 5.41) is 18.2. The van der Waals surface area contributed by atoms with Crippen LogP contribution in [0.3, 0.4) is 0 Å². The largest absolute Gasteiger partial charge is 0.456 e. The van der Waals surface area contributed by atoms with E-state index < -0.39 is 65.2 Å². The Balaban J connectivity index is 6.04. The van der Waals surface area contributed by atoms with Crippen molar-refractivity contribution in [1.29, 1.82) is 0 Å². The molecule has 242 valence electrons. The predicted molar refractivity (Wildman–Crippen MR) is 186 cm³/mol. The topological polar surface area (TPSA) is 95.8 Å². The van der Waals surface area contributed by atoms with Crippen LogP contribution in [0.5, 0.6) is 0 Å². The molecule has 0 aromatic carbocycles. The minimum Gasteiger partial charge on any atom is -0.456 e. The van der Waals surface area contributed by atoms with Crippen LogP contribution in [0.15, 0.2) is 0 Å². The Kier molecular flexibility index (Phi) is 17.0. The van der Waals surface area contributed by atoms with E-state index in [0.29, 0.717) is 6.61 Å². The fourth-order valence-corrected chi connectivity index (χ4v) is 40.5. The summed E-state index contributed by atoms with van der Waals surface area (Å²) < 4.78 is 40.2. The highest BCUT2D eigenvalue weighted by Gasteiger charge is 2.50. The van der Waals surface area contributed by atoms with Crippen molar-refractivity contribution in [1.82, 2.24) is 0 Å². The maximum atomic E-state index is 9.12. The number of aliphatic hydroxyl groups is 2. The SMILES string of the molecule is CCCC[Si](C)(C)O[Si](C)(C)CC[Si](C)(O[Si](C)(C)O[Si](C)(C)C)O[Si](C)(CCCOCC(O)O)O[Si](C)(C)C. The average Bonchev–Trinajstić information content (AvgIpc) is 2.65. The molecule has 0 heterocycles. The Morgan fingerprint density at radius 3 is 1.50 bits per heavy atom. The number of hydrogen-bond donors (Lipinski definition) is 2. The first kappa shape index (κ1) is 41.2. The van der Waals surface area contributed by atoms with Gasteiger partial charge in [-0.3, -0.25) is 0 Å². The van der Waals surface area contributed by atoms with Crippen molar-refractivity contribution in [3.63, 3.8) is 0 Å². The standard InChI is InChI=1S/C25H66O8Si7/c1-16-17-20-36(8,9)31-37(10,11)22-23-40(15,32-38(12,13)29-34(2,3)4)33-39(14,30-35(5,6)7)21-18-19-28-24-25(26)27/h25-27H,16-24H2,1-15H3. The number of rotatable bonds is 22. The monoisotopic (exact) mass is 690 g/mol. The number of hydrogen-bond acceptors (Lipinski definition) is 8. The van der Waals surface area contributed by atoms with Crippen molar-refractivity contribution in [2.24, 2.45) is 0 Å². The van der Waals surface area contributed by atoms with Gasteiger partial charge in [-0.05, 0) is 122 Å². The number of aliphatic hydroxyl groups excluding tert-OH is 1. The average molecular weight is 691 g/mol. The van der Waals surface area contributed by atoms with Crippen LogP contribution >= 0.6 is 0 Å². The Morgan fingerprint density at radius 1 is 0.525 bits per heavy atom. The van der Waals surface area contributed by atoms with Gasteiger partial charge in [0.15, 0.2) is 39.6 Å². The zero-order chi connectivity index (χ0) is 31.7. The normalized spacial score (nSPS) is 17.2. The quantitative estimate of drug-likeness (QED) is 0.0685. The molecule has 8 nitrogen and oxygen atoms in total. The van der Waals surface area contributed by atoms with Crippen LogP contribution in [0, 0.1) is 0 Å². The molecule has 0 aromatic heterocycles. The van der Waals surface area contributed by atoms with Gasteiger partial charge in [0.1, 0.15) is 0 Å². The van der Waals surface area contributed by atoms with Gasteiger partial charge in [0.05, 0.1) is 6.61 Å². The maximum Gasteiger partial charge on any atom is 0.317 e. The molecule has 0 aliphatic rings. The molecule has 0 aliphatic carbocycles. The third-order valence-corrected chi connectivity index (χ3v) is 32.1. The second kappa shape index (κ2) is 16.5. The molecule has 2 N–H and O–H groups in total. The molecular formula is C25H66O8Si7. The van der Waals surface area contributed by atoms with Crippen LogP contribution in [-0.2, 0) is 25.3 Å². The van der Waals surface area contributed by atoms with Crippen LogP contribution in [0.2, 0.25) is 116 Å². The first-order chi connectivity index (χ1) is 17.7. The van der Waals surface area contributed by atoms with E-state index in [2.05, 4.69) is 98.6 Å². The van der Waals surface area contributed by atoms with E-state index in [9.17, 15) is 0 Å². The highest BCUT2D eigenvalue weighted by molar-refractivity contribution is 6.92. The summed E-state index contributed by atoms with van der Waals surface area (Å²) in [7, 11) is -15.3. The highest BCUT2D eigenvalue weighted by Crippen LogP contribution is 2.34. The first-order valence-corrected chi connectivity index (χ1v) is 36.1. The molecule has 2 unspecified atom stereocenters. The molecule has 0 bridgehead atoms. The van der Waals surface area contributed by atoms with Gasteiger partial charge in [-0.25, -0.2) is 0 Å². The number of ether oxygens (including phenoxy) is 1. The molecule has 0 fully saturated rings. The Morgan fingerprint density at radius 2 is 1.02 bits per heavy atom. The summed E-state index contributed by atoms with van der Waals surface area (Å²) in [6, 6.07) is 3.82. The lowest BCUT2D eigenvalue weighted by atomic mass is 10.4. The van der Waals surface area contributed by atoms with Gasteiger partial charge in [0.2, 0.25) is 0 Å². The van der Waals surface area contributed by atoms with Crippen molar-refractivity contribution in [2.45, 2.75) is 148 Å². The molecule has 0 rings (SSSR count). The van der Waals surface area contributed by atoms with E-state index in [0.717, 1.165) is 24.6 Å². The summed E-state index contributed by atoms with van der Waals surface area (Å²) >= 11 is 0. The first-order valence-electron chi connectivity index (χ1n) is 15.2. The minimum atomic E-state index is -2.75. The van der Waals surface area contributed by atoms with Crippen molar-refractivity contribution in [3.05, 3.63) is 0 Å². The third kappa shape index (κ3) is 21.0. The van der Waals surface area contributed by atoms with Crippen molar-refractivity contribution in [2.75, 3.05) is 13.2 Å². The molecule has 0 amide bonds. The van der Waals surface area contributed by atoms with E-state index in [4.69, 9.17) is 35.5 Å². The van der Waals surface area contributed by atoms with E-state index >= 15 is 0 Å². The van der Waals surface area contributed by atoms with Crippen LogP contribution in [0.25, 0.3) is 0 Å². The fourth-order valence-electron chi connectivity index (χ4n) is 5.29. The van der Waals surface area contributed by atoms with Gasteiger partial charge in [-0.2, -0.15) is 0 Å². The molecule has 0 radical (unpaired) electrons. The maximum absolute atomic E-state index is 9.12. The van der Waals surface area contributed by atoms with E-state index in [1.54, 1.807) is 0 Å². The second-order valence-electron chi connectivity index (χ2n) is 15.2. The van der Waals surface area contributed by atoms with Crippen molar-refractivity contribution >= 4 is 59.0 Å². The Hall–Kier alpha value is 1.20. The van der Waals surface area contributed by atoms with Gasteiger partial charge >= 0.3 is 25.7 Å². The lowest BCUT2D eigenvalue weighted by molar-refractivity contribution is -0.0945. The molecule has 0 spiro atoms. The van der Waals surface area contributed by atoms with Gasteiger partial charge < -0.3 is 35.5 Å². The summed E-state index contributed by atoms with van der Waals surface area (Å²) in [6.45, 7) is 34.0. The van der Waals surface area contributed by atoms with Crippen molar-refractivity contribution in [3.8, 4) is 0 Å². The van der Waals surface area contributed by atoms with Gasteiger partial charge in [-0.1, -0.05) is 19.8 Å². The van der Waals surface area contributed by atoms with Crippen LogP contribution in [0.1, 0.15) is 26.2 Å². The zero-order valence-corrected chi connectivity index (χ0v) is 35.8. The lowest BCUT2D eigenvalue weighted by Gasteiger charge is -2.45.